The zero-order chi connectivity index (χ0) is 22.3. The van der Waals surface area contributed by atoms with Crippen LogP contribution in [-0.2, 0) is 0 Å². The van der Waals surface area contributed by atoms with Gasteiger partial charge in [0.1, 0.15) is 0 Å². The molecule has 1 fully saturated rings. The number of carbonyl (C=O) groups is 2. The summed E-state index contributed by atoms with van der Waals surface area (Å²) in [7, 11) is 6.83. The number of anilines is 2. The molecule has 0 aliphatic carbocycles. The first-order valence-corrected chi connectivity index (χ1v) is 10.3. The van der Waals surface area contributed by atoms with Crippen molar-refractivity contribution in [1.29, 1.82) is 0 Å². The predicted molar refractivity (Wildman–Crippen MR) is 122 cm³/mol. The smallest absolute Gasteiger partial charge is 0.271 e. The highest BCUT2D eigenvalue weighted by atomic mass is 35.5. The maximum Gasteiger partial charge on any atom is 0.350 e. The molecule has 1 atom stereocenters. The lowest BCUT2D eigenvalue weighted by Gasteiger charge is -2.51. The maximum atomic E-state index is 13.8. The Hall–Kier alpha value is -1.74. The van der Waals surface area contributed by atoms with Gasteiger partial charge in [-0.25, -0.2) is 24.5 Å². The van der Waals surface area contributed by atoms with E-state index in [2.05, 4.69) is 0 Å². The number of urea groups is 2. The van der Waals surface area contributed by atoms with Crippen molar-refractivity contribution in [2.45, 2.75) is 6.29 Å². The molecule has 4 amide bonds. The molecule has 0 spiro atoms. The van der Waals surface area contributed by atoms with Crippen molar-refractivity contribution in [3.8, 4) is 0 Å². The van der Waals surface area contributed by atoms with E-state index in [1.165, 1.54) is 9.91 Å². The molecular formula is C19H19Cl4N5O2. The third-order valence-corrected chi connectivity index (χ3v) is 5.69. The molecule has 160 valence electrons. The van der Waals surface area contributed by atoms with E-state index < -0.39 is 18.4 Å². The minimum Gasteiger partial charge on any atom is -0.271 e. The number of imide groups is 1. The fourth-order valence-electron chi connectivity index (χ4n) is 3.25. The Labute approximate surface area is 194 Å². The monoisotopic (exact) mass is 489 g/mol. The molecule has 2 aromatic carbocycles. The summed E-state index contributed by atoms with van der Waals surface area (Å²) in [5.41, 5.74) is 0.338. The highest BCUT2D eigenvalue weighted by Crippen LogP contribution is 2.42. The number of amides is 4. The van der Waals surface area contributed by atoms with Gasteiger partial charge in [-0.3, -0.25) is 9.80 Å². The zero-order valence-corrected chi connectivity index (χ0v) is 19.6. The molecule has 1 heterocycles. The lowest BCUT2D eigenvalue weighted by atomic mass is 10.2. The Bertz CT molecular complexity index is 960. The Morgan fingerprint density at radius 3 is 1.57 bits per heavy atom. The average molecular weight is 491 g/mol. The van der Waals surface area contributed by atoms with E-state index in [1.807, 2.05) is 0 Å². The van der Waals surface area contributed by atoms with Crippen LogP contribution in [0.4, 0.5) is 21.0 Å². The van der Waals surface area contributed by atoms with E-state index in [0.29, 0.717) is 0 Å². The van der Waals surface area contributed by atoms with Gasteiger partial charge in [0.25, 0.3) is 0 Å². The maximum absolute atomic E-state index is 13.8. The fourth-order valence-corrected chi connectivity index (χ4v) is 4.40. The van der Waals surface area contributed by atoms with Gasteiger partial charge >= 0.3 is 12.1 Å². The highest BCUT2D eigenvalue weighted by Gasteiger charge is 2.49. The molecule has 1 aliphatic heterocycles. The van der Waals surface area contributed by atoms with E-state index in [4.69, 9.17) is 46.4 Å². The molecule has 3 rings (SSSR count). The quantitative estimate of drug-likeness (QED) is 0.568. The van der Waals surface area contributed by atoms with Crippen LogP contribution >= 0.6 is 46.4 Å². The second-order valence-corrected chi connectivity index (χ2v) is 8.54. The van der Waals surface area contributed by atoms with Crippen LogP contribution < -0.4 is 9.80 Å². The Kier molecular flexibility index (Phi) is 6.72. The molecule has 7 nitrogen and oxygen atoms in total. The van der Waals surface area contributed by atoms with Crippen LogP contribution in [0.25, 0.3) is 0 Å². The fraction of sp³-hybridized carbons (Fsp3) is 0.263. The largest absolute Gasteiger partial charge is 0.350 e. The highest BCUT2D eigenvalue weighted by molar-refractivity contribution is 6.43. The number of para-hydroxylation sites is 2. The number of nitrogens with zero attached hydrogens (tertiary/aromatic N) is 5. The van der Waals surface area contributed by atoms with Crippen molar-refractivity contribution in [2.75, 3.05) is 38.0 Å². The summed E-state index contributed by atoms with van der Waals surface area (Å²) in [5.74, 6) is 0. The van der Waals surface area contributed by atoms with E-state index in [9.17, 15) is 9.59 Å². The molecular weight excluding hydrogens is 472 g/mol. The van der Waals surface area contributed by atoms with Crippen LogP contribution in [0.2, 0.25) is 20.1 Å². The Morgan fingerprint density at radius 1 is 0.733 bits per heavy atom. The van der Waals surface area contributed by atoms with Gasteiger partial charge in [0, 0.05) is 14.1 Å². The minimum atomic E-state index is -0.852. The van der Waals surface area contributed by atoms with Crippen LogP contribution in [0, 0.1) is 0 Å². The molecule has 1 unspecified atom stereocenters. The second kappa shape index (κ2) is 8.78. The summed E-state index contributed by atoms with van der Waals surface area (Å²) in [6.45, 7) is 0. The van der Waals surface area contributed by atoms with Gasteiger partial charge < -0.3 is 0 Å². The number of hydrazine groups is 1. The van der Waals surface area contributed by atoms with Crippen molar-refractivity contribution < 1.29 is 9.59 Å². The zero-order valence-electron chi connectivity index (χ0n) is 16.6. The van der Waals surface area contributed by atoms with Crippen LogP contribution in [0.1, 0.15) is 0 Å². The molecule has 0 bridgehead atoms. The first-order chi connectivity index (χ1) is 14.1. The first-order valence-electron chi connectivity index (χ1n) is 8.76. The predicted octanol–water partition coefficient (Wildman–Crippen LogP) is 5.49. The van der Waals surface area contributed by atoms with Crippen molar-refractivity contribution in [1.82, 2.24) is 14.9 Å². The summed E-state index contributed by atoms with van der Waals surface area (Å²) >= 11 is 25.5. The van der Waals surface area contributed by atoms with Crippen molar-refractivity contribution in [2.24, 2.45) is 0 Å². The van der Waals surface area contributed by atoms with E-state index in [0.717, 1.165) is 4.90 Å². The lowest BCUT2D eigenvalue weighted by molar-refractivity contribution is -0.0291. The number of rotatable bonds is 4. The van der Waals surface area contributed by atoms with Gasteiger partial charge in [0.15, 0.2) is 6.29 Å². The van der Waals surface area contributed by atoms with Gasteiger partial charge in [0.2, 0.25) is 0 Å². The molecule has 30 heavy (non-hydrogen) atoms. The van der Waals surface area contributed by atoms with E-state index >= 15 is 0 Å². The molecule has 2 aromatic rings. The van der Waals surface area contributed by atoms with Gasteiger partial charge in [0.05, 0.1) is 31.5 Å². The third-order valence-electron chi connectivity index (χ3n) is 4.47. The second-order valence-electron chi connectivity index (χ2n) is 6.91. The van der Waals surface area contributed by atoms with Gasteiger partial charge in [-0.2, -0.15) is 0 Å². The molecule has 0 aromatic heterocycles. The number of carbonyl (C=O) groups excluding carboxylic acids is 2. The van der Waals surface area contributed by atoms with Crippen LogP contribution in [0.3, 0.4) is 0 Å². The topological polar surface area (TPSA) is 50.3 Å². The van der Waals surface area contributed by atoms with Crippen LogP contribution in [-0.4, -0.2) is 61.5 Å². The normalized spacial score (nSPS) is 17.5. The molecule has 0 saturated carbocycles. The van der Waals surface area contributed by atoms with Crippen LogP contribution in [0.5, 0.6) is 0 Å². The molecule has 11 heteroatoms. The lowest BCUT2D eigenvalue weighted by Crippen LogP contribution is -2.73. The standard InChI is InChI=1S/C19H19Cl4N5O2/c1-24(2)17-26(15-11(20)7-5-8-12(15)21)18(29)27(19(30)28(17)25(3)4)16-13(22)9-6-10-14(16)23/h5-10,17H,1-4H3. The summed E-state index contributed by atoms with van der Waals surface area (Å²) in [4.78, 5) is 31.2. The van der Waals surface area contributed by atoms with Crippen molar-refractivity contribution >= 4 is 69.8 Å². The number of hydrogen-bond acceptors (Lipinski definition) is 4. The van der Waals surface area contributed by atoms with Crippen LogP contribution in [0.15, 0.2) is 36.4 Å². The SMILES string of the molecule is CN(C)C1N(c2c(Cl)cccc2Cl)C(=O)N(c2c(Cl)cccc2Cl)C(=O)N1N(C)C. The minimum absolute atomic E-state index is 0.0769. The summed E-state index contributed by atoms with van der Waals surface area (Å²) < 4.78 is 0. The summed E-state index contributed by atoms with van der Waals surface area (Å²) in [6.07, 6.45) is -0.852. The Morgan fingerprint density at radius 2 is 1.17 bits per heavy atom. The average Bonchev–Trinajstić information content (AvgIpc) is 2.64. The first kappa shape index (κ1) is 22.9. The summed E-state index contributed by atoms with van der Waals surface area (Å²) in [6, 6.07) is 8.31. The van der Waals surface area contributed by atoms with Gasteiger partial charge in [-0.15, -0.1) is 0 Å². The van der Waals surface area contributed by atoms with Crippen molar-refractivity contribution in [3.05, 3.63) is 56.5 Å². The van der Waals surface area contributed by atoms with E-state index in [1.54, 1.807) is 74.5 Å². The number of hydrogen-bond donors (Lipinski definition) is 0. The summed E-state index contributed by atoms with van der Waals surface area (Å²) in [5, 5.41) is 3.74. The van der Waals surface area contributed by atoms with E-state index in [-0.39, 0.29) is 31.5 Å². The third kappa shape index (κ3) is 3.82. The Balaban J connectivity index is 2.31. The molecule has 0 N–H and O–H groups in total. The molecule has 1 aliphatic rings. The number of benzene rings is 2. The van der Waals surface area contributed by atoms with Gasteiger partial charge in [-0.1, -0.05) is 58.5 Å². The van der Waals surface area contributed by atoms with Crippen molar-refractivity contribution in [3.63, 3.8) is 0 Å². The van der Waals surface area contributed by atoms with Gasteiger partial charge in [-0.05, 0) is 38.4 Å². The molecule has 0 radical (unpaired) electrons. The number of halogens is 4. The molecule has 1 saturated heterocycles.